The highest BCUT2D eigenvalue weighted by Crippen LogP contribution is 2.46. The zero-order chi connectivity index (χ0) is 22.1. The molecule has 0 heteroatoms. The fourth-order valence-corrected chi connectivity index (χ4v) is 5.23. The largest absolute Gasteiger partial charge is 0.0985 e. The summed E-state index contributed by atoms with van der Waals surface area (Å²) in [5, 5.41) is 0. The van der Waals surface area contributed by atoms with Crippen molar-refractivity contribution in [3.63, 3.8) is 0 Å². The highest BCUT2D eigenvalue weighted by molar-refractivity contribution is 5.90. The summed E-state index contributed by atoms with van der Waals surface area (Å²) in [4.78, 5) is 0. The molecule has 3 aromatic rings. The first-order valence-electron chi connectivity index (χ1n) is 11.6. The maximum atomic E-state index is 4.15. The minimum Gasteiger partial charge on any atom is -0.0985 e. The Balaban J connectivity index is 2.04. The normalized spacial score (nSPS) is 13.0. The van der Waals surface area contributed by atoms with Gasteiger partial charge < -0.3 is 0 Å². The van der Waals surface area contributed by atoms with Gasteiger partial charge in [0.1, 0.15) is 0 Å². The van der Waals surface area contributed by atoms with Crippen molar-refractivity contribution in [2.45, 2.75) is 60.3 Å². The predicted molar refractivity (Wildman–Crippen MR) is 137 cm³/mol. The number of allylic oxidation sites excluding steroid dienone is 3. The number of hydrogen-bond donors (Lipinski definition) is 0. The number of fused-ring (bicyclic) bond motifs is 3. The van der Waals surface area contributed by atoms with Crippen LogP contribution >= 0.6 is 0 Å². The zero-order valence-corrected chi connectivity index (χ0v) is 19.7. The number of aryl methyl sites for hydroxylation is 2. The Bertz CT molecular complexity index is 1170. The van der Waals surface area contributed by atoms with E-state index in [4.69, 9.17) is 0 Å². The second-order valence-corrected chi connectivity index (χ2v) is 8.96. The Kier molecular flexibility index (Phi) is 6.01. The van der Waals surface area contributed by atoms with Gasteiger partial charge in [0.05, 0.1) is 0 Å². The van der Waals surface area contributed by atoms with Crippen molar-refractivity contribution in [3.8, 4) is 22.3 Å². The maximum Gasteiger partial charge on any atom is -0.0108 e. The topological polar surface area (TPSA) is 0 Å². The third-order valence-electron chi connectivity index (χ3n) is 7.02. The lowest BCUT2D eigenvalue weighted by atomic mass is 9.74. The van der Waals surface area contributed by atoms with E-state index in [2.05, 4.69) is 89.7 Å². The van der Waals surface area contributed by atoms with E-state index in [-0.39, 0.29) is 0 Å². The van der Waals surface area contributed by atoms with Crippen molar-refractivity contribution in [3.05, 3.63) is 100 Å². The minimum atomic E-state index is 1.09. The number of benzene rings is 3. The summed E-state index contributed by atoms with van der Waals surface area (Å²) in [5.74, 6) is 0. The molecular formula is C31H34. The molecule has 0 atom stereocenters. The number of unbranched alkanes of at least 4 members (excludes halogenated alkanes) is 1. The highest BCUT2D eigenvalue weighted by Gasteiger charge is 2.26. The molecule has 0 fully saturated rings. The molecule has 1 aliphatic rings. The van der Waals surface area contributed by atoms with Crippen LogP contribution in [-0.4, -0.2) is 0 Å². The summed E-state index contributed by atoms with van der Waals surface area (Å²) in [6, 6.07) is 15.6. The monoisotopic (exact) mass is 406 g/mol. The van der Waals surface area contributed by atoms with E-state index >= 15 is 0 Å². The molecule has 158 valence electrons. The van der Waals surface area contributed by atoms with Gasteiger partial charge in [0.15, 0.2) is 0 Å². The summed E-state index contributed by atoms with van der Waals surface area (Å²) in [6.07, 6.45) is 8.88. The van der Waals surface area contributed by atoms with E-state index in [0.29, 0.717) is 0 Å². The average Bonchev–Trinajstić information content (AvgIpc) is 2.79. The van der Waals surface area contributed by atoms with Crippen LogP contribution < -0.4 is 0 Å². The molecular weight excluding hydrogens is 372 g/mol. The van der Waals surface area contributed by atoms with E-state index in [0.717, 1.165) is 25.7 Å². The Labute approximate surface area is 188 Å². The first-order chi connectivity index (χ1) is 15.0. The Morgan fingerprint density at radius 1 is 0.871 bits per heavy atom. The molecule has 0 aliphatic heterocycles. The van der Waals surface area contributed by atoms with E-state index < -0.39 is 0 Å². The van der Waals surface area contributed by atoms with Crippen molar-refractivity contribution >= 4 is 5.57 Å². The van der Waals surface area contributed by atoms with Crippen LogP contribution in [0.3, 0.4) is 0 Å². The molecule has 0 N–H and O–H groups in total. The molecule has 1 aliphatic carbocycles. The molecule has 0 unspecified atom stereocenters. The van der Waals surface area contributed by atoms with E-state index in [1.165, 1.54) is 66.8 Å². The van der Waals surface area contributed by atoms with Crippen molar-refractivity contribution in [1.82, 2.24) is 0 Å². The van der Waals surface area contributed by atoms with Crippen molar-refractivity contribution < 1.29 is 0 Å². The third kappa shape index (κ3) is 3.69. The molecule has 0 radical (unpaired) electrons. The minimum absolute atomic E-state index is 1.09. The SMILES string of the molecule is C=C/C(=C\CCC)c1cc(C)c(C)c2c1CCc1c(C)cc(-c3ccccc3)c(C)c1-2. The van der Waals surface area contributed by atoms with Gasteiger partial charge in [-0.05, 0) is 114 Å². The number of hydrogen-bond acceptors (Lipinski definition) is 0. The first-order valence-corrected chi connectivity index (χ1v) is 11.6. The van der Waals surface area contributed by atoms with Gasteiger partial charge in [-0.1, -0.05) is 74.5 Å². The van der Waals surface area contributed by atoms with Crippen molar-refractivity contribution in [1.29, 1.82) is 0 Å². The molecule has 0 bridgehead atoms. The molecule has 0 nitrogen and oxygen atoms in total. The van der Waals surface area contributed by atoms with Crippen LogP contribution in [0, 0.1) is 27.7 Å². The van der Waals surface area contributed by atoms with Gasteiger partial charge in [0, 0.05) is 0 Å². The molecule has 31 heavy (non-hydrogen) atoms. The lowest BCUT2D eigenvalue weighted by molar-refractivity contribution is 0.918. The average molecular weight is 407 g/mol. The number of rotatable bonds is 5. The fourth-order valence-electron chi connectivity index (χ4n) is 5.23. The maximum absolute atomic E-state index is 4.15. The van der Waals surface area contributed by atoms with Crippen LogP contribution in [-0.2, 0) is 12.8 Å². The molecule has 0 heterocycles. The third-order valence-corrected chi connectivity index (χ3v) is 7.02. The standard InChI is InChI=1S/C31H34/c1-7-9-13-24(8-2)29-18-20(3)22(5)30-27(29)17-16-26-21(4)19-28(23(6)31(26)30)25-14-11-10-12-15-25/h8,10-15,18-19H,2,7,9,16-17H2,1,3-6H3/b24-13+. The van der Waals surface area contributed by atoms with Crippen molar-refractivity contribution in [2.75, 3.05) is 0 Å². The smallest absolute Gasteiger partial charge is 0.0108 e. The quantitative estimate of drug-likeness (QED) is 0.372. The second kappa shape index (κ2) is 8.71. The van der Waals surface area contributed by atoms with Gasteiger partial charge in [-0.25, -0.2) is 0 Å². The van der Waals surface area contributed by atoms with E-state index in [1.54, 1.807) is 0 Å². The van der Waals surface area contributed by atoms with E-state index in [9.17, 15) is 0 Å². The van der Waals surface area contributed by atoms with Gasteiger partial charge in [-0.2, -0.15) is 0 Å². The summed E-state index contributed by atoms with van der Waals surface area (Å²) in [7, 11) is 0. The molecule has 0 saturated carbocycles. The van der Waals surface area contributed by atoms with Crippen LogP contribution in [0.5, 0.6) is 0 Å². The van der Waals surface area contributed by atoms with Crippen LogP contribution in [0.25, 0.3) is 27.8 Å². The molecule has 0 aromatic heterocycles. The van der Waals surface area contributed by atoms with Crippen LogP contribution in [0.2, 0.25) is 0 Å². The second-order valence-electron chi connectivity index (χ2n) is 8.96. The van der Waals surface area contributed by atoms with E-state index in [1.807, 2.05) is 6.08 Å². The fraction of sp³-hybridized carbons (Fsp3) is 0.290. The Hall–Kier alpha value is -2.86. The lowest BCUT2D eigenvalue weighted by Crippen LogP contribution is -2.13. The summed E-state index contributed by atoms with van der Waals surface area (Å²) < 4.78 is 0. The molecule has 0 spiro atoms. The van der Waals surface area contributed by atoms with Gasteiger partial charge in [0.2, 0.25) is 0 Å². The first kappa shape index (κ1) is 21.4. The van der Waals surface area contributed by atoms with Gasteiger partial charge in [0.25, 0.3) is 0 Å². The summed E-state index contributed by atoms with van der Waals surface area (Å²) in [5.41, 5.74) is 16.9. The van der Waals surface area contributed by atoms with Gasteiger partial charge in [-0.15, -0.1) is 0 Å². The summed E-state index contributed by atoms with van der Waals surface area (Å²) >= 11 is 0. The molecule has 4 rings (SSSR count). The van der Waals surface area contributed by atoms with Crippen molar-refractivity contribution in [2.24, 2.45) is 0 Å². The zero-order valence-electron chi connectivity index (χ0n) is 19.7. The summed E-state index contributed by atoms with van der Waals surface area (Å²) in [6.45, 7) is 15.6. The highest BCUT2D eigenvalue weighted by atomic mass is 14.3. The molecule has 0 saturated heterocycles. The molecule has 0 amide bonds. The predicted octanol–water partition coefficient (Wildman–Crippen LogP) is 8.72. The Morgan fingerprint density at radius 2 is 1.55 bits per heavy atom. The molecule has 3 aromatic carbocycles. The van der Waals surface area contributed by atoms with Gasteiger partial charge >= 0.3 is 0 Å². The van der Waals surface area contributed by atoms with Crippen LogP contribution in [0.4, 0.5) is 0 Å². The van der Waals surface area contributed by atoms with Crippen LogP contribution in [0.1, 0.15) is 58.7 Å². The Morgan fingerprint density at radius 3 is 2.23 bits per heavy atom. The van der Waals surface area contributed by atoms with Gasteiger partial charge in [-0.3, -0.25) is 0 Å². The van der Waals surface area contributed by atoms with Crippen LogP contribution in [0.15, 0.2) is 61.2 Å². The lowest BCUT2D eigenvalue weighted by Gasteiger charge is -2.30.